The fourth-order valence-corrected chi connectivity index (χ4v) is 4.09. The van der Waals surface area contributed by atoms with E-state index in [2.05, 4.69) is 10.3 Å². The lowest BCUT2D eigenvalue weighted by Gasteiger charge is -2.35. The first-order valence-electron chi connectivity index (χ1n) is 11.9. The van der Waals surface area contributed by atoms with Crippen LogP contribution in [0.4, 0.5) is 13.6 Å². The number of likely N-dealkylation sites (N-methyl/N-ethyl adjacent to an activating group) is 1. The lowest BCUT2D eigenvalue weighted by Crippen LogP contribution is -2.51. The van der Waals surface area contributed by atoms with Crippen LogP contribution in [-0.2, 0) is 4.79 Å². The van der Waals surface area contributed by atoms with E-state index < -0.39 is 65.1 Å². The number of carboxylic acid groups (broad SMARTS) is 1. The number of amidine groups is 2. The van der Waals surface area contributed by atoms with Gasteiger partial charge in [-0.05, 0) is 30.3 Å². The molecule has 0 aliphatic carbocycles. The average Bonchev–Trinajstić information content (AvgIpc) is 3.35. The molecule has 40 heavy (non-hydrogen) atoms. The molecule has 0 saturated carbocycles. The van der Waals surface area contributed by atoms with Gasteiger partial charge in [0.2, 0.25) is 12.1 Å². The number of rotatable bonds is 8. The molecule has 2 amide bonds. The Morgan fingerprint density at radius 2 is 2.00 bits per heavy atom. The van der Waals surface area contributed by atoms with E-state index in [1.807, 2.05) is 11.9 Å². The number of benzene rings is 2. The summed E-state index contributed by atoms with van der Waals surface area (Å²) in [5.74, 6) is -5.91. The Balaban J connectivity index is 1.82. The number of nitrogen functional groups attached to an aromatic ring is 1. The van der Waals surface area contributed by atoms with Gasteiger partial charge in [0.05, 0.1) is 13.0 Å². The second-order valence-corrected chi connectivity index (χ2v) is 8.76. The zero-order valence-electron chi connectivity index (χ0n) is 21.4. The zero-order valence-corrected chi connectivity index (χ0v) is 21.4. The van der Waals surface area contributed by atoms with Crippen LogP contribution in [0.2, 0.25) is 0 Å². The number of carboxylic acids is 1. The van der Waals surface area contributed by atoms with Crippen molar-refractivity contribution in [2.45, 2.75) is 12.6 Å². The van der Waals surface area contributed by atoms with E-state index in [0.29, 0.717) is 29.4 Å². The Morgan fingerprint density at radius 3 is 2.62 bits per heavy atom. The molecule has 0 spiro atoms. The highest BCUT2D eigenvalue weighted by Gasteiger charge is 2.43. The van der Waals surface area contributed by atoms with Gasteiger partial charge in [0.15, 0.2) is 23.2 Å². The van der Waals surface area contributed by atoms with Gasteiger partial charge in [-0.1, -0.05) is 12.1 Å². The van der Waals surface area contributed by atoms with Gasteiger partial charge in [-0.25, -0.2) is 18.5 Å². The van der Waals surface area contributed by atoms with E-state index in [4.69, 9.17) is 20.6 Å². The molecule has 0 fully saturated rings. The van der Waals surface area contributed by atoms with Gasteiger partial charge < -0.3 is 35.6 Å². The molecule has 14 heteroatoms. The number of nitrogens with one attached hydrogen (secondary N) is 2. The summed E-state index contributed by atoms with van der Waals surface area (Å²) in [5.41, 5.74) is 5.30. The standard InChI is InChI=1S/C26H26F2N6O6/c1-31-26(38)34-24(39-15-5-3-4-14(10-15)23-32-8-9-33(23)2)20(27)16(12-19(36)37)21(28)25(34)40-18-11-13(22(29)30)6-7-17(18)35/h3-7,10-11,25,35H,8-9,12H2,1-2H3,(H3,29,30)(H,31,38)(H,36,37). The number of allylic oxidation sites excluding steroid dienone is 1. The molecular formula is C26H26F2N6O6. The third-order valence-electron chi connectivity index (χ3n) is 6.05. The first-order chi connectivity index (χ1) is 19.0. The van der Waals surface area contributed by atoms with Gasteiger partial charge in [0, 0.05) is 37.3 Å². The highest BCUT2D eigenvalue weighted by Crippen LogP contribution is 2.39. The van der Waals surface area contributed by atoms with Crippen LogP contribution in [0.3, 0.4) is 0 Å². The second-order valence-electron chi connectivity index (χ2n) is 8.76. The topological polar surface area (TPSA) is 174 Å². The highest BCUT2D eigenvalue weighted by atomic mass is 19.1. The lowest BCUT2D eigenvalue weighted by molar-refractivity contribution is -0.136. The molecule has 1 atom stereocenters. The van der Waals surface area contributed by atoms with Crippen molar-refractivity contribution in [1.29, 1.82) is 5.41 Å². The van der Waals surface area contributed by atoms with Gasteiger partial charge in [0.25, 0.3) is 0 Å². The minimum Gasteiger partial charge on any atom is -0.504 e. The molecule has 0 aromatic heterocycles. The second kappa shape index (κ2) is 11.3. The number of amides is 2. The maximum absolute atomic E-state index is 15.8. The largest absolute Gasteiger partial charge is 0.504 e. The average molecular weight is 557 g/mol. The smallest absolute Gasteiger partial charge is 0.327 e. The Morgan fingerprint density at radius 1 is 1.25 bits per heavy atom. The van der Waals surface area contributed by atoms with Crippen molar-refractivity contribution in [1.82, 2.24) is 15.1 Å². The van der Waals surface area contributed by atoms with Crippen LogP contribution >= 0.6 is 0 Å². The molecule has 0 saturated heterocycles. The number of nitrogens with two attached hydrogens (primary N) is 1. The molecule has 0 radical (unpaired) electrons. The van der Waals surface area contributed by atoms with Gasteiger partial charge >= 0.3 is 12.0 Å². The van der Waals surface area contributed by atoms with Gasteiger partial charge in [0.1, 0.15) is 17.4 Å². The third kappa shape index (κ3) is 5.50. The van der Waals surface area contributed by atoms with Crippen LogP contribution in [0.5, 0.6) is 17.2 Å². The molecule has 6 N–H and O–H groups in total. The highest BCUT2D eigenvalue weighted by molar-refractivity contribution is 6.00. The Kier molecular flexibility index (Phi) is 7.88. The van der Waals surface area contributed by atoms with E-state index in [9.17, 15) is 19.8 Å². The summed E-state index contributed by atoms with van der Waals surface area (Å²) in [5, 5.41) is 29.5. The number of aliphatic carboxylic acids is 1. The molecule has 1 unspecified atom stereocenters. The van der Waals surface area contributed by atoms with Crippen molar-refractivity contribution in [3.8, 4) is 17.2 Å². The number of halogens is 2. The Labute approximate surface area is 227 Å². The predicted molar refractivity (Wildman–Crippen MR) is 139 cm³/mol. The molecule has 2 aliphatic heterocycles. The molecule has 2 heterocycles. The molecule has 12 nitrogen and oxygen atoms in total. The van der Waals surface area contributed by atoms with Crippen LogP contribution in [0.1, 0.15) is 17.5 Å². The molecule has 2 aromatic rings. The van der Waals surface area contributed by atoms with Gasteiger partial charge in [-0.2, -0.15) is 0 Å². The molecule has 210 valence electrons. The number of phenolic OH excluding ortho intramolecular Hbond substituents is 1. The first kappa shape index (κ1) is 27.9. The number of aromatic hydroxyl groups is 1. The molecular weight excluding hydrogens is 530 g/mol. The minimum atomic E-state index is -2.11. The van der Waals surface area contributed by atoms with E-state index in [1.54, 1.807) is 12.1 Å². The number of hydrogen-bond acceptors (Lipinski definition) is 8. The van der Waals surface area contributed by atoms with Crippen molar-refractivity contribution in [2.75, 3.05) is 27.2 Å². The van der Waals surface area contributed by atoms with Crippen molar-refractivity contribution in [2.24, 2.45) is 10.7 Å². The number of carbonyl (C=O) groups excluding carboxylic acids is 1. The number of aliphatic imine (C=N–C) groups is 1. The van der Waals surface area contributed by atoms with Crippen molar-refractivity contribution >= 4 is 23.7 Å². The first-order valence-corrected chi connectivity index (χ1v) is 11.9. The fourth-order valence-electron chi connectivity index (χ4n) is 4.09. The Bertz CT molecular complexity index is 1470. The molecule has 2 aliphatic rings. The van der Waals surface area contributed by atoms with E-state index in [-0.39, 0.29) is 11.3 Å². The van der Waals surface area contributed by atoms with Crippen LogP contribution in [0.15, 0.2) is 70.6 Å². The van der Waals surface area contributed by atoms with Crippen LogP contribution in [-0.4, -0.2) is 77.1 Å². The van der Waals surface area contributed by atoms with Gasteiger partial charge in [-0.15, -0.1) is 0 Å². The maximum atomic E-state index is 15.8. The van der Waals surface area contributed by atoms with E-state index in [0.717, 1.165) is 12.1 Å². The number of nitrogens with zero attached hydrogens (tertiary/aromatic N) is 3. The monoisotopic (exact) mass is 556 g/mol. The summed E-state index contributed by atoms with van der Waals surface area (Å²) in [7, 11) is 3.05. The maximum Gasteiger partial charge on any atom is 0.327 e. The fraction of sp³-hybridized carbons (Fsp3) is 0.231. The quantitative estimate of drug-likeness (QED) is 0.244. The summed E-state index contributed by atoms with van der Waals surface area (Å²) in [6.07, 6.45) is -3.21. The van der Waals surface area contributed by atoms with Crippen LogP contribution < -0.4 is 20.5 Å². The Hall–Kier alpha value is -5.14. The molecule has 4 rings (SSSR count). The van der Waals surface area contributed by atoms with Crippen molar-refractivity contribution < 1.29 is 38.1 Å². The minimum absolute atomic E-state index is 0.0386. The summed E-state index contributed by atoms with van der Waals surface area (Å²) in [4.78, 5) is 31.3. The number of ether oxygens (including phenoxy) is 2. The summed E-state index contributed by atoms with van der Waals surface area (Å²) >= 11 is 0. The predicted octanol–water partition coefficient (Wildman–Crippen LogP) is 2.64. The molecule has 2 aromatic carbocycles. The number of hydrogen-bond donors (Lipinski definition) is 5. The van der Waals surface area contributed by atoms with Crippen LogP contribution in [0, 0.1) is 5.41 Å². The van der Waals surface area contributed by atoms with Gasteiger partial charge in [-0.3, -0.25) is 15.2 Å². The summed E-state index contributed by atoms with van der Waals surface area (Å²) in [6, 6.07) is 8.83. The van der Waals surface area contributed by atoms with E-state index >= 15 is 8.78 Å². The third-order valence-corrected chi connectivity index (χ3v) is 6.05. The summed E-state index contributed by atoms with van der Waals surface area (Å²) < 4.78 is 42.9. The number of urea groups is 1. The zero-order chi connectivity index (χ0) is 29.1. The molecule has 0 bridgehead atoms. The van der Waals surface area contributed by atoms with Crippen LogP contribution in [0.25, 0.3) is 0 Å². The van der Waals surface area contributed by atoms with Crippen molar-refractivity contribution in [3.63, 3.8) is 0 Å². The number of carbonyl (C=O) groups is 2. The number of phenols is 1. The summed E-state index contributed by atoms with van der Waals surface area (Å²) in [6.45, 7) is 1.28. The van der Waals surface area contributed by atoms with E-state index in [1.165, 1.54) is 25.2 Å². The van der Waals surface area contributed by atoms with Crippen molar-refractivity contribution in [3.05, 3.63) is 76.7 Å². The lowest BCUT2D eigenvalue weighted by atomic mass is 10.1. The normalized spacial score (nSPS) is 17.1. The SMILES string of the molecule is CNC(=O)N1C(Oc2cccc(C3=NCCN3C)c2)=C(F)C(CC(=O)O)=C(F)C1Oc1cc(C(=N)N)ccc1O.